The van der Waals surface area contributed by atoms with E-state index in [2.05, 4.69) is 44.0 Å². The predicted molar refractivity (Wildman–Crippen MR) is 171 cm³/mol. The Morgan fingerprint density at radius 1 is 1.14 bits per heavy atom. The molecule has 1 aliphatic rings. The van der Waals surface area contributed by atoms with Crippen molar-refractivity contribution in [3.8, 4) is 0 Å². The fourth-order valence-electron chi connectivity index (χ4n) is 4.49. The molecule has 1 saturated heterocycles. The molecule has 1 amide bonds. The maximum Gasteiger partial charge on any atom is 0.266 e. The molecule has 0 spiro atoms. The molecular formula is C33H49F2N5O3. The number of amides is 1. The fourth-order valence-corrected chi connectivity index (χ4v) is 4.49. The van der Waals surface area contributed by atoms with Crippen molar-refractivity contribution >= 4 is 17.3 Å². The van der Waals surface area contributed by atoms with Crippen LogP contribution >= 0.6 is 0 Å². The Bertz CT molecular complexity index is 1080. The minimum absolute atomic E-state index is 0.0340. The lowest BCUT2D eigenvalue weighted by Gasteiger charge is -2.33. The number of hydrogen-bond donors (Lipinski definition) is 2. The number of benzene rings is 1. The molecular weight excluding hydrogens is 552 g/mol. The number of carbonyl (C=O) groups excluding carboxylic acids is 1. The summed E-state index contributed by atoms with van der Waals surface area (Å²) in [6, 6.07) is 4.12. The van der Waals surface area contributed by atoms with E-state index in [9.17, 15) is 18.5 Å². The number of allylic oxidation sites excluding steroid dienone is 7. The first kappa shape index (κ1) is 35.7. The smallest absolute Gasteiger partial charge is 0.266 e. The van der Waals surface area contributed by atoms with Crippen LogP contribution in [0, 0.1) is 10.8 Å². The van der Waals surface area contributed by atoms with E-state index in [1.165, 1.54) is 12.1 Å². The zero-order valence-electron chi connectivity index (χ0n) is 25.9. The van der Waals surface area contributed by atoms with Crippen LogP contribution in [0.5, 0.6) is 0 Å². The van der Waals surface area contributed by atoms with Gasteiger partial charge in [0.2, 0.25) is 5.91 Å². The van der Waals surface area contributed by atoms with Gasteiger partial charge in [0.15, 0.2) is 0 Å². The van der Waals surface area contributed by atoms with Gasteiger partial charge in [-0.05, 0) is 87.2 Å². The maximum atomic E-state index is 13.1. The molecule has 2 rings (SSSR count). The molecule has 8 nitrogen and oxygen atoms in total. The van der Waals surface area contributed by atoms with Crippen LogP contribution in [0.2, 0.25) is 0 Å². The van der Waals surface area contributed by atoms with Gasteiger partial charge in [-0.15, -0.1) is 4.91 Å². The minimum Gasteiger partial charge on any atom is -0.498 e. The normalized spacial score (nSPS) is 15.6. The van der Waals surface area contributed by atoms with Crippen LogP contribution in [0.4, 0.5) is 20.2 Å². The molecule has 0 radical (unpaired) electrons. The van der Waals surface area contributed by atoms with E-state index in [0.717, 1.165) is 70.8 Å². The van der Waals surface area contributed by atoms with Crippen LogP contribution in [0.25, 0.3) is 0 Å². The molecule has 43 heavy (non-hydrogen) atoms. The minimum atomic E-state index is -2.76. The van der Waals surface area contributed by atoms with Gasteiger partial charge in [0.1, 0.15) is 5.69 Å². The van der Waals surface area contributed by atoms with Crippen molar-refractivity contribution in [2.24, 2.45) is 11.1 Å². The third-order valence-electron chi connectivity index (χ3n) is 7.20. The van der Waals surface area contributed by atoms with Crippen molar-refractivity contribution in [2.75, 3.05) is 57.7 Å². The predicted octanol–water partition coefficient (Wildman–Crippen LogP) is 7.32. The number of nitrogens with one attached hydrogen (secondary N) is 2. The molecule has 1 aliphatic heterocycles. The Labute approximate surface area is 255 Å². The van der Waals surface area contributed by atoms with E-state index in [1.54, 1.807) is 6.07 Å². The second kappa shape index (κ2) is 21.2. The Morgan fingerprint density at radius 2 is 1.93 bits per heavy atom. The highest BCUT2D eigenvalue weighted by molar-refractivity contribution is 5.76. The highest BCUT2D eigenvalue weighted by Gasteiger charge is 2.16. The first-order valence-electron chi connectivity index (χ1n) is 15.3. The summed E-state index contributed by atoms with van der Waals surface area (Å²) in [6.07, 6.45) is 16.2. The quantitative estimate of drug-likeness (QED) is 0.0705. The number of carbonyl (C=O) groups is 1. The molecule has 1 aromatic carbocycles. The maximum absolute atomic E-state index is 13.1. The molecule has 238 valence electrons. The number of halogens is 2. The number of nitrogens with zero attached hydrogens (tertiary/aromatic N) is 3. The molecule has 2 N–H and O–H groups in total. The number of piperazine rings is 1. The fraction of sp³-hybridized carbons (Fsp3) is 0.545. The molecule has 1 fully saturated rings. The van der Waals surface area contributed by atoms with Gasteiger partial charge >= 0.3 is 0 Å². The SMILES string of the molecule is CC=CC=CCCCCOC(C)=CC=CN1CCN(CCC(=O)NCCC(C)CNc2ccc(N=O)c(C(F)F)c2)CC1. The van der Waals surface area contributed by atoms with Crippen LogP contribution in [0.15, 0.2) is 71.8 Å². The molecule has 0 aromatic heterocycles. The lowest BCUT2D eigenvalue weighted by atomic mass is 10.1. The molecule has 0 aliphatic carbocycles. The van der Waals surface area contributed by atoms with Gasteiger partial charge in [-0.25, -0.2) is 8.78 Å². The third-order valence-corrected chi connectivity index (χ3v) is 7.20. The van der Waals surface area contributed by atoms with Gasteiger partial charge in [0, 0.05) is 63.5 Å². The summed E-state index contributed by atoms with van der Waals surface area (Å²) in [6.45, 7) is 12.3. The van der Waals surface area contributed by atoms with E-state index in [4.69, 9.17) is 4.74 Å². The van der Waals surface area contributed by atoms with Gasteiger partial charge in [-0.3, -0.25) is 9.69 Å². The Kier molecular flexibility index (Phi) is 17.6. The second-order valence-corrected chi connectivity index (χ2v) is 10.8. The molecule has 1 atom stereocenters. The zero-order valence-corrected chi connectivity index (χ0v) is 25.9. The van der Waals surface area contributed by atoms with Crippen molar-refractivity contribution in [3.63, 3.8) is 0 Å². The lowest BCUT2D eigenvalue weighted by Crippen LogP contribution is -2.45. The number of rotatable bonds is 20. The van der Waals surface area contributed by atoms with E-state index in [-0.39, 0.29) is 23.1 Å². The molecule has 10 heteroatoms. The number of unbranched alkanes of at least 4 members (excludes halogenated alkanes) is 2. The van der Waals surface area contributed by atoms with Gasteiger partial charge < -0.3 is 20.3 Å². The monoisotopic (exact) mass is 601 g/mol. The third kappa shape index (κ3) is 15.5. The Hall–Kier alpha value is -3.53. The largest absolute Gasteiger partial charge is 0.498 e. The summed E-state index contributed by atoms with van der Waals surface area (Å²) in [5.74, 6) is 1.17. The van der Waals surface area contributed by atoms with Crippen molar-refractivity contribution in [1.82, 2.24) is 15.1 Å². The Morgan fingerprint density at radius 3 is 2.65 bits per heavy atom. The lowest BCUT2D eigenvalue weighted by molar-refractivity contribution is -0.121. The van der Waals surface area contributed by atoms with Crippen molar-refractivity contribution in [3.05, 3.63) is 77.1 Å². The number of ether oxygens (including phenoxy) is 1. The van der Waals surface area contributed by atoms with Crippen LogP contribution in [0.1, 0.15) is 64.9 Å². The highest BCUT2D eigenvalue weighted by atomic mass is 19.3. The topological polar surface area (TPSA) is 86.3 Å². The summed E-state index contributed by atoms with van der Waals surface area (Å²) >= 11 is 0. The van der Waals surface area contributed by atoms with E-state index in [1.807, 2.05) is 45.1 Å². The summed E-state index contributed by atoms with van der Waals surface area (Å²) in [5.41, 5.74) is -0.109. The van der Waals surface area contributed by atoms with Gasteiger partial charge in [-0.1, -0.05) is 31.2 Å². The summed E-state index contributed by atoms with van der Waals surface area (Å²) < 4.78 is 32.0. The number of nitroso groups, excluding NO2 is 1. The first-order valence-corrected chi connectivity index (χ1v) is 15.3. The second-order valence-electron chi connectivity index (χ2n) is 10.8. The zero-order chi connectivity index (χ0) is 31.3. The van der Waals surface area contributed by atoms with Crippen molar-refractivity contribution < 1.29 is 18.3 Å². The average Bonchev–Trinajstić information content (AvgIpc) is 3.00. The van der Waals surface area contributed by atoms with Crippen LogP contribution in [0.3, 0.4) is 0 Å². The molecule has 0 bridgehead atoms. The van der Waals surface area contributed by atoms with Crippen molar-refractivity contribution in [1.29, 1.82) is 0 Å². The number of anilines is 1. The van der Waals surface area contributed by atoms with Gasteiger partial charge in [-0.2, -0.15) is 0 Å². The Balaban J connectivity index is 1.54. The van der Waals surface area contributed by atoms with Crippen LogP contribution in [-0.2, 0) is 9.53 Å². The molecule has 1 unspecified atom stereocenters. The standard InChI is InChI=1S/C33H49F2N5O3/c1-4-5-6-7-8-9-10-24-43-28(3)12-11-18-39-20-22-40(23-21-39)19-16-32(41)36-17-15-27(2)26-37-29-13-14-31(38-42)30(25-29)33(34)35/h4-7,11-14,18,25,27,33,37H,8-10,15-17,19-24,26H2,1-3H3,(H,36,41). The summed E-state index contributed by atoms with van der Waals surface area (Å²) in [7, 11) is 0. The number of alkyl halides is 2. The van der Waals surface area contributed by atoms with Crippen LogP contribution in [-0.4, -0.2) is 68.1 Å². The van der Waals surface area contributed by atoms with E-state index in [0.29, 0.717) is 25.2 Å². The van der Waals surface area contributed by atoms with E-state index >= 15 is 0 Å². The number of hydrogen-bond acceptors (Lipinski definition) is 7. The first-order chi connectivity index (χ1) is 20.8. The van der Waals surface area contributed by atoms with Crippen LogP contribution < -0.4 is 10.6 Å². The molecule has 0 saturated carbocycles. The highest BCUT2D eigenvalue weighted by Crippen LogP contribution is 2.31. The van der Waals surface area contributed by atoms with E-state index < -0.39 is 6.43 Å². The van der Waals surface area contributed by atoms with Gasteiger partial charge in [0.05, 0.1) is 12.4 Å². The summed E-state index contributed by atoms with van der Waals surface area (Å²) in [4.78, 5) is 27.6. The average molecular weight is 602 g/mol. The van der Waals surface area contributed by atoms with Crippen molar-refractivity contribution in [2.45, 2.75) is 59.3 Å². The van der Waals surface area contributed by atoms with Gasteiger partial charge in [0.25, 0.3) is 6.43 Å². The summed E-state index contributed by atoms with van der Waals surface area (Å²) in [5, 5.41) is 8.76. The molecule has 1 aromatic rings. The molecule has 1 heterocycles.